The van der Waals surface area contributed by atoms with Gasteiger partial charge in [-0.3, -0.25) is 14.0 Å². The van der Waals surface area contributed by atoms with E-state index in [4.69, 9.17) is 15.5 Å². The Kier molecular flexibility index (Phi) is 8.22. The zero-order chi connectivity index (χ0) is 31.8. The van der Waals surface area contributed by atoms with Gasteiger partial charge in [0.15, 0.2) is 0 Å². The molecule has 5 rings (SSSR count). The summed E-state index contributed by atoms with van der Waals surface area (Å²) in [5.41, 5.74) is 6.12. The fourth-order valence-corrected chi connectivity index (χ4v) is 5.22. The molecule has 16 heteroatoms. The molecule has 12 nitrogen and oxygen atoms in total. The van der Waals surface area contributed by atoms with Gasteiger partial charge in [0.25, 0.3) is 11.8 Å². The maximum Gasteiger partial charge on any atom is 0.416 e. The number of nitrogens with two attached hydrogens (primary N) is 1. The first kappa shape index (κ1) is 30.8. The minimum absolute atomic E-state index is 0.0343. The van der Waals surface area contributed by atoms with Crippen molar-refractivity contribution < 1.29 is 37.7 Å². The number of anilines is 2. The number of hydrogen-bond donors (Lipinski definition) is 4. The lowest BCUT2D eigenvalue weighted by atomic mass is 9.97. The standard InChI is InChI=1S/C28H29BF3N7O5/c1-2-21(40)38-10-3-4-16(14-38)25-37-22(23-24(33)35-9-11-39(23)25)18-6-5-15(12-19(18)44-28(29,42)43)26(41)36-20-13-17(7-8-34-20)27(30,31)32/h5-9,11-13,16,42-43H,2-4,10,14,29H2,1H3,(H2,33,35)(H,34,36,41). The quantitative estimate of drug-likeness (QED) is 0.181. The number of benzene rings is 1. The number of likely N-dealkylation sites (tertiary alicyclic amines) is 1. The van der Waals surface area contributed by atoms with Gasteiger partial charge in [-0.25, -0.2) is 15.0 Å². The largest absolute Gasteiger partial charge is 0.447 e. The molecule has 4 heterocycles. The van der Waals surface area contributed by atoms with Crippen LogP contribution in [0.1, 0.15) is 53.8 Å². The van der Waals surface area contributed by atoms with E-state index in [9.17, 15) is 33.0 Å². The van der Waals surface area contributed by atoms with E-state index < -0.39 is 23.5 Å². The number of carbonyl (C=O) groups excluding carboxylic acids is 2. The number of ether oxygens (including phenoxy) is 1. The van der Waals surface area contributed by atoms with Gasteiger partial charge in [-0.05, 0) is 43.2 Å². The monoisotopic (exact) mass is 611 g/mol. The molecule has 0 radical (unpaired) electrons. The first-order valence-corrected chi connectivity index (χ1v) is 13.8. The molecule has 3 aromatic heterocycles. The van der Waals surface area contributed by atoms with Gasteiger partial charge in [0, 0.05) is 55.1 Å². The average molecular weight is 611 g/mol. The number of halogens is 3. The second-order valence-corrected chi connectivity index (χ2v) is 10.5. The molecule has 0 spiro atoms. The summed E-state index contributed by atoms with van der Waals surface area (Å²) in [6, 6.07) is 5.48. The number of rotatable bonds is 7. The summed E-state index contributed by atoms with van der Waals surface area (Å²) in [6.45, 7) is 2.90. The lowest BCUT2D eigenvalue weighted by Gasteiger charge is -2.32. The Hall–Kier alpha value is -4.70. The molecule has 1 aliphatic rings. The smallest absolute Gasteiger partial charge is 0.416 e. The molecule has 1 aromatic carbocycles. The van der Waals surface area contributed by atoms with E-state index >= 15 is 0 Å². The van der Waals surface area contributed by atoms with Crippen LogP contribution in [-0.2, 0) is 11.0 Å². The van der Waals surface area contributed by atoms with E-state index in [1.165, 1.54) is 24.4 Å². The molecule has 1 saturated heterocycles. The van der Waals surface area contributed by atoms with Crippen molar-refractivity contribution in [2.75, 3.05) is 24.1 Å². The molecule has 0 bridgehead atoms. The number of pyridine rings is 1. The molecule has 1 unspecified atom stereocenters. The minimum Gasteiger partial charge on any atom is -0.447 e. The van der Waals surface area contributed by atoms with E-state index in [0.717, 1.165) is 33.0 Å². The predicted octanol–water partition coefficient (Wildman–Crippen LogP) is 2.37. The van der Waals surface area contributed by atoms with E-state index in [0.29, 0.717) is 36.9 Å². The van der Waals surface area contributed by atoms with Crippen LogP contribution in [-0.4, -0.2) is 73.1 Å². The molecule has 1 aliphatic heterocycles. The van der Waals surface area contributed by atoms with Gasteiger partial charge in [0.05, 0.1) is 5.56 Å². The molecule has 0 saturated carbocycles. The summed E-state index contributed by atoms with van der Waals surface area (Å²) < 4.78 is 46.6. The summed E-state index contributed by atoms with van der Waals surface area (Å²) in [5, 5.41) is 22.5. The van der Waals surface area contributed by atoms with Crippen LogP contribution in [0.2, 0.25) is 0 Å². The molecule has 5 N–H and O–H groups in total. The number of fused-ring (bicyclic) bond motifs is 1. The maximum absolute atomic E-state index is 13.1. The Morgan fingerprint density at radius 1 is 1.18 bits per heavy atom. The van der Waals surface area contributed by atoms with E-state index in [2.05, 4.69) is 15.3 Å². The predicted molar refractivity (Wildman–Crippen MR) is 155 cm³/mol. The summed E-state index contributed by atoms with van der Waals surface area (Å²) >= 11 is 0. The van der Waals surface area contributed by atoms with Crippen LogP contribution in [0.15, 0.2) is 48.9 Å². The number of aliphatic hydroxyl groups is 2. The van der Waals surface area contributed by atoms with Crippen molar-refractivity contribution >= 4 is 36.8 Å². The number of nitrogens with zero attached hydrogens (tertiary/aromatic N) is 5. The topological polar surface area (TPSA) is 168 Å². The second-order valence-electron chi connectivity index (χ2n) is 10.5. The minimum atomic E-state index is -4.64. The van der Waals surface area contributed by atoms with Crippen LogP contribution in [0.25, 0.3) is 16.8 Å². The van der Waals surface area contributed by atoms with Crippen LogP contribution in [0.4, 0.5) is 24.8 Å². The van der Waals surface area contributed by atoms with Crippen molar-refractivity contribution in [2.24, 2.45) is 0 Å². The highest BCUT2D eigenvalue weighted by atomic mass is 19.4. The fourth-order valence-electron chi connectivity index (χ4n) is 5.22. The van der Waals surface area contributed by atoms with Crippen LogP contribution in [0.3, 0.4) is 0 Å². The Balaban J connectivity index is 1.56. The van der Waals surface area contributed by atoms with Crippen molar-refractivity contribution in [3.8, 4) is 17.0 Å². The van der Waals surface area contributed by atoms with Crippen molar-refractivity contribution in [3.05, 3.63) is 65.9 Å². The molecule has 44 heavy (non-hydrogen) atoms. The normalized spacial score (nSPS) is 15.8. The number of hydrogen-bond acceptors (Lipinski definition) is 9. The van der Waals surface area contributed by atoms with Gasteiger partial charge in [0.1, 0.15) is 34.4 Å². The number of imidazole rings is 1. The molecule has 2 amide bonds. The van der Waals surface area contributed by atoms with Gasteiger partial charge >= 0.3 is 6.18 Å². The molecule has 4 aromatic rings. The van der Waals surface area contributed by atoms with Gasteiger partial charge in [-0.1, -0.05) is 6.92 Å². The van der Waals surface area contributed by atoms with Crippen LogP contribution < -0.4 is 15.8 Å². The van der Waals surface area contributed by atoms with E-state index in [1.807, 2.05) is 0 Å². The highest BCUT2D eigenvalue weighted by Crippen LogP contribution is 2.39. The third-order valence-electron chi connectivity index (χ3n) is 7.18. The summed E-state index contributed by atoms with van der Waals surface area (Å²) in [5.74, 6) is -3.40. The summed E-state index contributed by atoms with van der Waals surface area (Å²) in [4.78, 5) is 40.1. The number of aromatic nitrogens is 4. The second kappa shape index (κ2) is 11.8. The first-order valence-electron chi connectivity index (χ1n) is 13.8. The van der Waals surface area contributed by atoms with Crippen molar-refractivity contribution in [1.82, 2.24) is 24.3 Å². The van der Waals surface area contributed by atoms with E-state index in [-0.39, 0.29) is 46.0 Å². The maximum atomic E-state index is 13.1. The lowest BCUT2D eigenvalue weighted by Crippen LogP contribution is -2.39. The SMILES string of the molecule is BC(O)(O)Oc1cc(C(=O)Nc2cc(C(F)(F)F)ccn2)ccc1-c1nc(C2CCCN(C(=O)CC)C2)n2ccnc(N)c12. The van der Waals surface area contributed by atoms with Crippen molar-refractivity contribution in [3.63, 3.8) is 0 Å². The first-order chi connectivity index (χ1) is 20.7. The Morgan fingerprint density at radius 2 is 1.95 bits per heavy atom. The number of amides is 2. The fraction of sp³-hybridized carbons (Fsp3) is 0.321. The van der Waals surface area contributed by atoms with Gasteiger partial charge < -0.3 is 30.9 Å². The lowest BCUT2D eigenvalue weighted by molar-refractivity contribution is -0.223. The zero-order valence-corrected chi connectivity index (χ0v) is 23.8. The molecular weight excluding hydrogens is 582 g/mol. The van der Waals surface area contributed by atoms with Crippen LogP contribution in [0.5, 0.6) is 5.75 Å². The van der Waals surface area contributed by atoms with Crippen LogP contribution >= 0.6 is 0 Å². The third-order valence-corrected chi connectivity index (χ3v) is 7.18. The Morgan fingerprint density at radius 3 is 2.66 bits per heavy atom. The number of alkyl halides is 3. The Labute approximate surface area is 250 Å². The Bertz CT molecular complexity index is 1720. The van der Waals surface area contributed by atoms with E-state index in [1.54, 1.807) is 22.4 Å². The number of nitrogen functional groups attached to an aromatic ring is 1. The van der Waals surface area contributed by atoms with Gasteiger partial charge in [-0.15, -0.1) is 0 Å². The average Bonchev–Trinajstić information content (AvgIpc) is 3.36. The molecular formula is C28H29BF3N7O5. The summed E-state index contributed by atoms with van der Waals surface area (Å²) in [6.07, 6.45) is 1.39. The molecule has 0 aliphatic carbocycles. The van der Waals surface area contributed by atoms with Crippen molar-refractivity contribution in [2.45, 2.75) is 44.2 Å². The van der Waals surface area contributed by atoms with Crippen LogP contribution in [0, 0.1) is 0 Å². The number of nitrogens with one attached hydrogen (secondary N) is 1. The molecule has 230 valence electrons. The number of carbonyl (C=O) groups is 2. The van der Waals surface area contributed by atoms with Gasteiger partial charge in [-0.2, -0.15) is 13.2 Å². The third kappa shape index (κ3) is 6.45. The van der Waals surface area contributed by atoms with Crippen molar-refractivity contribution in [1.29, 1.82) is 0 Å². The molecule has 1 fully saturated rings. The highest BCUT2D eigenvalue weighted by Gasteiger charge is 2.32. The summed E-state index contributed by atoms with van der Waals surface area (Å²) in [7, 11) is 0.962. The zero-order valence-electron chi connectivity index (χ0n) is 23.8. The van der Waals surface area contributed by atoms with Gasteiger partial charge in [0.2, 0.25) is 13.8 Å². The molecule has 1 atom stereocenters. The number of piperidine rings is 1. The highest BCUT2D eigenvalue weighted by molar-refractivity contribution is 6.12.